The lowest BCUT2D eigenvalue weighted by molar-refractivity contribution is 1.08. The maximum absolute atomic E-state index is 5.14. The average Bonchev–Trinajstić information content (AvgIpc) is 3.71. The monoisotopic (exact) mass is 624 g/mol. The van der Waals surface area contributed by atoms with Crippen molar-refractivity contribution in [3.63, 3.8) is 0 Å². The van der Waals surface area contributed by atoms with Gasteiger partial charge < -0.3 is 4.40 Å². The summed E-state index contributed by atoms with van der Waals surface area (Å²) in [6, 6.07) is 59.6. The zero-order valence-corrected chi connectivity index (χ0v) is 26.5. The van der Waals surface area contributed by atoms with Crippen LogP contribution < -0.4 is 0 Å². The average molecular weight is 625 g/mol. The zero-order chi connectivity index (χ0) is 32.3. The number of hydrogen-bond donors (Lipinski definition) is 0. The number of fused-ring (bicyclic) bond motifs is 6. The molecule has 0 aliphatic rings. The Morgan fingerprint density at radius 2 is 0.857 bits per heavy atom. The summed E-state index contributed by atoms with van der Waals surface area (Å²) >= 11 is 0. The fourth-order valence-corrected chi connectivity index (χ4v) is 7.39. The molecule has 3 heterocycles. The van der Waals surface area contributed by atoms with Crippen LogP contribution in [0.1, 0.15) is 0 Å². The molecule has 228 valence electrons. The van der Waals surface area contributed by atoms with E-state index >= 15 is 0 Å². The molecule has 49 heavy (non-hydrogen) atoms. The van der Waals surface area contributed by atoms with Crippen LogP contribution in [0.25, 0.3) is 94.5 Å². The van der Waals surface area contributed by atoms with E-state index in [1.165, 1.54) is 49.4 Å². The Balaban J connectivity index is 1.27. The number of nitrogens with zero attached hydrogens (tertiary/aromatic N) is 4. The van der Waals surface area contributed by atoms with Gasteiger partial charge in [-0.15, -0.1) is 0 Å². The quantitative estimate of drug-likeness (QED) is 0.191. The van der Waals surface area contributed by atoms with Crippen LogP contribution >= 0.6 is 0 Å². The largest absolute Gasteiger partial charge is 0.307 e. The molecule has 7 aromatic carbocycles. The van der Waals surface area contributed by atoms with E-state index in [9.17, 15) is 0 Å². The van der Waals surface area contributed by atoms with Crippen LogP contribution in [0.5, 0.6) is 0 Å². The molecule has 0 saturated carbocycles. The molecule has 0 amide bonds. The molecule has 0 saturated heterocycles. The van der Waals surface area contributed by atoms with E-state index in [-0.39, 0.29) is 0 Å². The summed E-state index contributed by atoms with van der Waals surface area (Å²) in [7, 11) is 0. The van der Waals surface area contributed by atoms with Crippen molar-refractivity contribution in [2.45, 2.75) is 0 Å². The minimum absolute atomic E-state index is 0.657. The maximum atomic E-state index is 5.14. The molecule has 4 heteroatoms. The van der Waals surface area contributed by atoms with Crippen molar-refractivity contribution in [3.05, 3.63) is 170 Å². The first-order valence-electron chi connectivity index (χ1n) is 16.5. The summed E-state index contributed by atoms with van der Waals surface area (Å²) < 4.78 is 2.46. The van der Waals surface area contributed by atoms with Crippen molar-refractivity contribution in [3.8, 4) is 56.4 Å². The standard InChI is InChI=1S/C45H28N4/c1-4-14-29(15-5-1)32-20-12-21-33(28-32)34-23-13-24-35-36-26-27-38(40-37-22-10-11-25-39(37)49(41(34)35)42(36)40)45-47-43(30-16-6-2-7-17-30)46-44(48-45)31-18-8-3-9-19-31/h1-28H. The Kier molecular flexibility index (Phi) is 6.15. The summed E-state index contributed by atoms with van der Waals surface area (Å²) in [5, 5.41) is 4.77. The van der Waals surface area contributed by atoms with Crippen molar-refractivity contribution in [1.29, 1.82) is 0 Å². The Morgan fingerprint density at radius 3 is 1.57 bits per heavy atom. The van der Waals surface area contributed by atoms with E-state index in [0.717, 1.165) is 27.6 Å². The molecule has 0 bridgehead atoms. The highest BCUT2D eigenvalue weighted by Gasteiger charge is 2.24. The highest BCUT2D eigenvalue weighted by Crippen LogP contribution is 2.45. The van der Waals surface area contributed by atoms with Crippen molar-refractivity contribution >= 4 is 38.1 Å². The first-order chi connectivity index (χ1) is 24.3. The number of hydrogen-bond acceptors (Lipinski definition) is 3. The highest BCUT2D eigenvalue weighted by molar-refractivity contribution is 6.28. The molecule has 10 rings (SSSR count). The van der Waals surface area contributed by atoms with Gasteiger partial charge >= 0.3 is 0 Å². The number of aromatic nitrogens is 4. The normalized spacial score (nSPS) is 11.7. The van der Waals surface area contributed by atoms with Gasteiger partial charge in [0.1, 0.15) is 0 Å². The molecule has 0 radical (unpaired) electrons. The first-order valence-corrected chi connectivity index (χ1v) is 16.5. The molecule has 3 aromatic heterocycles. The van der Waals surface area contributed by atoms with Gasteiger partial charge in [0.15, 0.2) is 17.5 Å². The molecule has 0 atom stereocenters. The van der Waals surface area contributed by atoms with Crippen molar-refractivity contribution < 1.29 is 0 Å². The fraction of sp³-hybridized carbons (Fsp3) is 0. The molecule has 0 unspecified atom stereocenters. The SMILES string of the molecule is c1ccc(-c2cccc(-c3cccc4c5ccc(-c6nc(-c7ccccc7)nc(-c7ccccc7)n6)c6c7ccccc7n(c34)c56)c2)cc1. The van der Waals surface area contributed by atoms with Crippen molar-refractivity contribution in [2.24, 2.45) is 0 Å². The second-order valence-corrected chi connectivity index (χ2v) is 12.4. The molecule has 0 aliphatic heterocycles. The van der Waals surface area contributed by atoms with Gasteiger partial charge in [-0.2, -0.15) is 0 Å². The van der Waals surface area contributed by atoms with Crippen LogP contribution in [-0.2, 0) is 0 Å². The highest BCUT2D eigenvalue weighted by atomic mass is 15.0. The van der Waals surface area contributed by atoms with Gasteiger partial charge in [0.25, 0.3) is 0 Å². The van der Waals surface area contributed by atoms with Gasteiger partial charge in [0.05, 0.1) is 16.6 Å². The van der Waals surface area contributed by atoms with E-state index in [1.54, 1.807) is 0 Å². The van der Waals surface area contributed by atoms with E-state index in [0.29, 0.717) is 17.5 Å². The van der Waals surface area contributed by atoms with Gasteiger partial charge in [0.2, 0.25) is 0 Å². The second-order valence-electron chi connectivity index (χ2n) is 12.4. The fourth-order valence-electron chi connectivity index (χ4n) is 7.39. The summed E-state index contributed by atoms with van der Waals surface area (Å²) in [5.74, 6) is 1.97. The Labute approximate surface area is 283 Å². The number of para-hydroxylation sites is 2. The predicted molar refractivity (Wildman–Crippen MR) is 202 cm³/mol. The third-order valence-corrected chi connectivity index (χ3v) is 9.59. The van der Waals surface area contributed by atoms with Crippen molar-refractivity contribution in [2.75, 3.05) is 0 Å². The zero-order valence-electron chi connectivity index (χ0n) is 26.5. The molecule has 0 aliphatic carbocycles. The Morgan fingerprint density at radius 1 is 0.327 bits per heavy atom. The van der Waals surface area contributed by atoms with Crippen LogP contribution in [0.4, 0.5) is 0 Å². The van der Waals surface area contributed by atoms with E-state index in [4.69, 9.17) is 15.0 Å². The lowest BCUT2D eigenvalue weighted by Crippen LogP contribution is -2.00. The number of benzene rings is 7. The van der Waals surface area contributed by atoms with Crippen LogP contribution in [-0.4, -0.2) is 19.4 Å². The minimum Gasteiger partial charge on any atom is -0.307 e. The van der Waals surface area contributed by atoms with Crippen molar-refractivity contribution in [1.82, 2.24) is 19.4 Å². The smallest absolute Gasteiger partial charge is 0.164 e. The van der Waals surface area contributed by atoms with Crippen LogP contribution in [0, 0.1) is 0 Å². The molecule has 0 N–H and O–H groups in total. The van der Waals surface area contributed by atoms with E-state index < -0.39 is 0 Å². The molecule has 0 fully saturated rings. The summed E-state index contributed by atoms with van der Waals surface area (Å²) in [6.07, 6.45) is 0. The molecule has 0 spiro atoms. The Hall–Kier alpha value is -6.65. The Bertz CT molecular complexity index is 2750. The lowest BCUT2D eigenvalue weighted by Gasteiger charge is -2.10. The van der Waals surface area contributed by atoms with Gasteiger partial charge in [-0.25, -0.2) is 15.0 Å². The number of rotatable bonds is 5. The molecular formula is C45H28N4. The maximum Gasteiger partial charge on any atom is 0.164 e. The van der Waals surface area contributed by atoms with Crippen LogP contribution in [0.15, 0.2) is 170 Å². The summed E-state index contributed by atoms with van der Waals surface area (Å²) in [6.45, 7) is 0. The van der Waals surface area contributed by atoms with E-state index in [1.807, 2.05) is 36.4 Å². The molecule has 10 aromatic rings. The summed E-state index contributed by atoms with van der Waals surface area (Å²) in [4.78, 5) is 15.2. The molecular weight excluding hydrogens is 597 g/mol. The van der Waals surface area contributed by atoms with E-state index in [2.05, 4.69) is 138 Å². The minimum atomic E-state index is 0.657. The lowest BCUT2D eigenvalue weighted by atomic mass is 9.97. The predicted octanol–water partition coefficient (Wildman–Crippen LogP) is 11.4. The second kappa shape index (κ2) is 11.0. The first kappa shape index (κ1) is 27.5. The third-order valence-electron chi connectivity index (χ3n) is 9.59. The van der Waals surface area contributed by atoms with Gasteiger partial charge in [-0.3, -0.25) is 0 Å². The van der Waals surface area contributed by atoms with Gasteiger partial charge in [0, 0.05) is 43.8 Å². The van der Waals surface area contributed by atoms with Crippen LogP contribution in [0.2, 0.25) is 0 Å². The topological polar surface area (TPSA) is 43.1 Å². The molecule has 4 nitrogen and oxygen atoms in total. The van der Waals surface area contributed by atoms with Crippen LogP contribution in [0.3, 0.4) is 0 Å². The van der Waals surface area contributed by atoms with Gasteiger partial charge in [-0.05, 0) is 34.9 Å². The van der Waals surface area contributed by atoms with Gasteiger partial charge in [-0.1, -0.05) is 152 Å². The summed E-state index contributed by atoms with van der Waals surface area (Å²) in [5.41, 5.74) is 11.3. The third kappa shape index (κ3) is 4.35.